The lowest BCUT2D eigenvalue weighted by atomic mass is 9.74. The highest BCUT2D eigenvalue weighted by atomic mass is 32.2. The first-order valence-corrected chi connectivity index (χ1v) is 7.70. The molecule has 1 rings (SSSR count). The topological polar surface area (TPSA) is 77.2 Å². The molecule has 0 aromatic heterocycles. The predicted octanol–water partition coefficient (Wildman–Crippen LogP) is 1.04. The minimum absolute atomic E-state index is 0.105. The lowest BCUT2D eigenvalue weighted by molar-refractivity contribution is -0.120. The van der Waals surface area contributed by atoms with Crippen LogP contribution in [0.25, 0.3) is 0 Å². The standard InChI is InChI=1S/C11H21NO3S/c1-2-16(14,15)8-3-5-10(13)9-11(12)6-4-7-11/h2-9,12H2,1H3. The average Bonchev–Trinajstić information content (AvgIpc) is 2.15. The van der Waals surface area contributed by atoms with E-state index in [4.69, 9.17) is 5.73 Å². The summed E-state index contributed by atoms with van der Waals surface area (Å²) in [6, 6.07) is 0. The van der Waals surface area contributed by atoms with Gasteiger partial charge in [-0.25, -0.2) is 8.42 Å². The molecule has 1 aliphatic carbocycles. The number of carbonyl (C=O) groups excluding carboxylic acids is 1. The molecule has 5 heteroatoms. The molecule has 0 radical (unpaired) electrons. The Morgan fingerprint density at radius 3 is 2.44 bits per heavy atom. The van der Waals surface area contributed by atoms with E-state index in [1.165, 1.54) is 0 Å². The SMILES string of the molecule is CCS(=O)(=O)CCCC(=O)CC1(N)CCC1. The molecular formula is C11H21NO3S. The van der Waals surface area contributed by atoms with Crippen LogP contribution in [0.5, 0.6) is 0 Å². The summed E-state index contributed by atoms with van der Waals surface area (Å²) in [5, 5.41) is 0. The van der Waals surface area contributed by atoms with Crippen molar-refractivity contribution in [1.82, 2.24) is 0 Å². The zero-order chi connectivity index (χ0) is 12.2. The van der Waals surface area contributed by atoms with Crippen LogP contribution >= 0.6 is 0 Å². The molecule has 94 valence electrons. The average molecular weight is 247 g/mol. The third-order valence-corrected chi connectivity index (χ3v) is 5.04. The number of Topliss-reactive ketones (excluding diaryl/α,β-unsaturated/α-hetero) is 1. The molecule has 0 aromatic rings. The quantitative estimate of drug-likeness (QED) is 0.729. The highest BCUT2D eigenvalue weighted by molar-refractivity contribution is 7.91. The maximum Gasteiger partial charge on any atom is 0.150 e. The monoisotopic (exact) mass is 247 g/mol. The van der Waals surface area contributed by atoms with Gasteiger partial charge in [-0.1, -0.05) is 6.92 Å². The van der Waals surface area contributed by atoms with Gasteiger partial charge in [0.2, 0.25) is 0 Å². The van der Waals surface area contributed by atoms with Crippen molar-refractivity contribution in [1.29, 1.82) is 0 Å². The van der Waals surface area contributed by atoms with Crippen molar-refractivity contribution in [2.75, 3.05) is 11.5 Å². The molecule has 0 aliphatic heterocycles. The normalized spacial score (nSPS) is 19.1. The fourth-order valence-electron chi connectivity index (χ4n) is 1.92. The van der Waals surface area contributed by atoms with Gasteiger partial charge in [0, 0.05) is 24.1 Å². The third-order valence-electron chi connectivity index (χ3n) is 3.25. The molecule has 0 amide bonds. The van der Waals surface area contributed by atoms with Gasteiger partial charge in [0.1, 0.15) is 15.6 Å². The van der Waals surface area contributed by atoms with Crippen LogP contribution in [0.3, 0.4) is 0 Å². The van der Waals surface area contributed by atoms with Gasteiger partial charge in [-0.15, -0.1) is 0 Å². The highest BCUT2D eigenvalue weighted by Gasteiger charge is 2.34. The lowest BCUT2D eigenvalue weighted by Gasteiger charge is -2.37. The Labute approximate surface area is 97.5 Å². The Balaban J connectivity index is 2.20. The van der Waals surface area contributed by atoms with Crippen molar-refractivity contribution in [3.05, 3.63) is 0 Å². The smallest absolute Gasteiger partial charge is 0.150 e. The van der Waals surface area contributed by atoms with Crippen molar-refractivity contribution in [2.24, 2.45) is 5.73 Å². The van der Waals surface area contributed by atoms with Crippen LogP contribution in [0.2, 0.25) is 0 Å². The first-order valence-electron chi connectivity index (χ1n) is 5.88. The van der Waals surface area contributed by atoms with Gasteiger partial charge < -0.3 is 5.73 Å². The molecule has 4 nitrogen and oxygen atoms in total. The summed E-state index contributed by atoms with van der Waals surface area (Å²) in [4.78, 5) is 11.6. The van der Waals surface area contributed by atoms with E-state index in [2.05, 4.69) is 0 Å². The van der Waals surface area contributed by atoms with Crippen molar-refractivity contribution < 1.29 is 13.2 Å². The summed E-state index contributed by atoms with van der Waals surface area (Å²) >= 11 is 0. The summed E-state index contributed by atoms with van der Waals surface area (Å²) < 4.78 is 22.4. The Bertz CT molecular complexity index is 344. The maximum atomic E-state index is 11.6. The molecule has 16 heavy (non-hydrogen) atoms. The number of sulfone groups is 1. The number of rotatable bonds is 7. The third kappa shape index (κ3) is 4.22. The second kappa shape index (κ2) is 5.27. The second-order valence-electron chi connectivity index (χ2n) is 4.77. The van der Waals surface area contributed by atoms with Crippen LogP contribution in [0.15, 0.2) is 0 Å². The number of hydrogen-bond acceptors (Lipinski definition) is 4. The number of carbonyl (C=O) groups is 1. The van der Waals surface area contributed by atoms with Gasteiger partial charge >= 0.3 is 0 Å². The molecule has 0 bridgehead atoms. The van der Waals surface area contributed by atoms with Crippen molar-refractivity contribution in [2.45, 2.75) is 51.0 Å². The Kier molecular flexibility index (Phi) is 4.50. The van der Waals surface area contributed by atoms with Gasteiger partial charge in [0.05, 0.1) is 5.75 Å². The van der Waals surface area contributed by atoms with E-state index < -0.39 is 9.84 Å². The molecule has 0 unspecified atom stereocenters. The van der Waals surface area contributed by atoms with Gasteiger partial charge in [0.15, 0.2) is 0 Å². The highest BCUT2D eigenvalue weighted by Crippen LogP contribution is 2.32. The molecule has 0 atom stereocenters. The fraction of sp³-hybridized carbons (Fsp3) is 0.909. The Hall–Kier alpha value is -0.420. The van der Waals surface area contributed by atoms with Crippen LogP contribution in [0.4, 0.5) is 0 Å². The van der Waals surface area contributed by atoms with E-state index in [0.717, 1.165) is 19.3 Å². The van der Waals surface area contributed by atoms with E-state index in [1.54, 1.807) is 6.92 Å². The van der Waals surface area contributed by atoms with Gasteiger partial charge in [-0.05, 0) is 25.7 Å². The predicted molar refractivity (Wildman–Crippen MR) is 64.0 cm³/mol. The summed E-state index contributed by atoms with van der Waals surface area (Å²) in [7, 11) is -2.93. The maximum absolute atomic E-state index is 11.6. The Morgan fingerprint density at radius 1 is 1.38 bits per heavy atom. The number of ketones is 1. The zero-order valence-corrected chi connectivity index (χ0v) is 10.7. The zero-order valence-electron chi connectivity index (χ0n) is 9.87. The molecule has 1 saturated carbocycles. The van der Waals surface area contributed by atoms with Crippen LogP contribution < -0.4 is 5.73 Å². The fourth-order valence-corrected chi connectivity index (χ4v) is 2.80. The summed E-state index contributed by atoms with van der Waals surface area (Å²) in [5.74, 6) is 0.378. The van der Waals surface area contributed by atoms with E-state index in [9.17, 15) is 13.2 Å². The molecule has 0 aromatic carbocycles. The second-order valence-corrected chi connectivity index (χ2v) is 7.24. The van der Waals surface area contributed by atoms with Gasteiger partial charge in [0.25, 0.3) is 0 Å². The number of hydrogen-bond donors (Lipinski definition) is 1. The van der Waals surface area contributed by atoms with Crippen LogP contribution in [0.1, 0.15) is 45.4 Å². The molecule has 0 spiro atoms. The molecular weight excluding hydrogens is 226 g/mol. The molecule has 2 N–H and O–H groups in total. The first kappa shape index (κ1) is 13.6. The summed E-state index contributed by atoms with van der Waals surface area (Å²) in [6.07, 6.45) is 4.15. The summed E-state index contributed by atoms with van der Waals surface area (Å²) in [5.41, 5.74) is 5.67. The van der Waals surface area contributed by atoms with E-state index in [1.807, 2.05) is 0 Å². The first-order chi connectivity index (χ1) is 7.37. The van der Waals surface area contributed by atoms with E-state index in [0.29, 0.717) is 19.3 Å². The minimum Gasteiger partial charge on any atom is -0.325 e. The van der Waals surface area contributed by atoms with E-state index >= 15 is 0 Å². The number of nitrogens with two attached hydrogens (primary N) is 1. The van der Waals surface area contributed by atoms with Crippen LogP contribution in [-0.4, -0.2) is 31.2 Å². The minimum atomic E-state index is -2.93. The summed E-state index contributed by atoms with van der Waals surface area (Å²) in [6.45, 7) is 1.63. The van der Waals surface area contributed by atoms with Crippen LogP contribution in [0, 0.1) is 0 Å². The Morgan fingerprint density at radius 2 is 2.00 bits per heavy atom. The molecule has 0 heterocycles. The van der Waals surface area contributed by atoms with E-state index in [-0.39, 0.29) is 22.8 Å². The van der Waals surface area contributed by atoms with Gasteiger partial charge in [-0.2, -0.15) is 0 Å². The molecule has 0 saturated heterocycles. The molecule has 1 fully saturated rings. The largest absolute Gasteiger partial charge is 0.325 e. The van der Waals surface area contributed by atoms with Gasteiger partial charge in [-0.3, -0.25) is 4.79 Å². The van der Waals surface area contributed by atoms with Crippen molar-refractivity contribution in [3.8, 4) is 0 Å². The van der Waals surface area contributed by atoms with Crippen LogP contribution in [-0.2, 0) is 14.6 Å². The molecule has 1 aliphatic rings. The van der Waals surface area contributed by atoms with Crippen molar-refractivity contribution >= 4 is 15.6 Å². The lowest BCUT2D eigenvalue weighted by Crippen LogP contribution is -2.48. The van der Waals surface area contributed by atoms with Crippen molar-refractivity contribution in [3.63, 3.8) is 0 Å².